The molecule has 132 valence electrons. The Morgan fingerprint density at radius 1 is 1.15 bits per heavy atom. The Kier molecular flexibility index (Phi) is 4.70. The number of hydrogen-bond acceptors (Lipinski definition) is 5. The first kappa shape index (κ1) is 17.2. The number of aromatic nitrogens is 2. The molecule has 0 aliphatic carbocycles. The number of aromatic amines is 1. The number of aryl methyl sites for hydroxylation is 1. The van der Waals surface area contributed by atoms with Crippen molar-refractivity contribution in [1.29, 1.82) is 0 Å². The van der Waals surface area contributed by atoms with E-state index in [-0.39, 0.29) is 17.4 Å². The van der Waals surface area contributed by atoms with Crippen molar-refractivity contribution in [3.63, 3.8) is 0 Å². The molecule has 0 saturated heterocycles. The number of benzene rings is 2. The number of carbonyl (C=O) groups is 2. The van der Waals surface area contributed by atoms with E-state index in [4.69, 9.17) is 0 Å². The van der Waals surface area contributed by atoms with Gasteiger partial charge in [-0.05, 0) is 48.9 Å². The molecule has 3 N–H and O–H groups in total. The predicted octanol–water partition coefficient (Wildman–Crippen LogP) is 3.13. The van der Waals surface area contributed by atoms with Crippen LogP contribution in [0.1, 0.15) is 26.4 Å². The molecule has 0 aliphatic rings. The minimum Gasteiger partial charge on any atom is -0.507 e. The van der Waals surface area contributed by atoms with Gasteiger partial charge in [-0.2, -0.15) is 5.10 Å². The van der Waals surface area contributed by atoms with E-state index in [1.807, 2.05) is 6.07 Å². The highest BCUT2D eigenvalue weighted by molar-refractivity contribution is 6.03. The fraction of sp³-hybridized carbons (Fsp3) is 0.105. The van der Waals surface area contributed by atoms with Crippen LogP contribution >= 0.6 is 0 Å². The van der Waals surface area contributed by atoms with Crippen LogP contribution in [0.5, 0.6) is 5.75 Å². The topological polar surface area (TPSA) is 104 Å². The van der Waals surface area contributed by atoms with Crippen molar-refractivity contribution in [2.24, 2.45) is 0 Å². The van der Waals surface area contributed by atoms with Crippen LogP contribution in [0.2, 0.25) is 0 Å². The number of amides is 1. The molecule has 0 bridgehead atoms. The van der Waals surface area contributed by atoms with Gasteiger partial charge in [-0.15, -0.1) is 0 Å². The number of aromatic hydroxyl groups is 1. The minimum absolute atomic E-state index is 0.129. The fourth-order valence-electron chi connectivity index (χ4n) is 2.45. The van der Waals surface area contributed by atoms with Gasteiger partial charge in [0.05, 0.1) is 18.4 Å². The first-order chi connectivity index (χ1) is 12.5. The number of phenols is 1. The van der Waals surface area contributed by atoms with Crippen molar-refractivity contribution < 1.29 is 19.4 Å². The molecule has 1 aromatic heterocycles. The van der Waals surface area contributed by atoms with Gasteiger partial charge in [0, 0.05) is 11.3 Å². The lowest BCUT2D eigenvalue weighted by Gasteiger charge is -2.05. The Morgan fingerprint density at radius 3 is 2.58 bits per heavy atom. The Bertz CT molecular complexity index is 961. The maximum Gasteiger partial charge on any atom is 0.337 e. The van der Waals surface area contributed by atoms with Crippen molar-refractivity contribution >= 4 is 17.6 Å². The van der Waals surface area contributed by atoms with Gasteiger partial charge in [0.15, 0.2) is 0 Å². The SMILES string of the molecule is COC(=O)c1ccc(NC(=O)c2cc(-c3cccc(C)c3O)n[nH]2)cc1. The summed E-state index contributed by atoms with van der Waals surface area (Å²) in [6, 6.07) is 13.2. The van der Waals surface area contributed by atoms with E-state index in [2.05, 4.69) is 20.3 Å². The molecule has 2 aromatic carbocycles. The Hall–Kier alpha value is -3.61. The molecule has 0 aliphatic heterocycles. The van der Waals surface area contributed by atoms with Gasteiger partial charge in [-0.1, -0.05) is 12.1 Å². The standard InChI is InChI=1S/C19H17N3O4/c1-11-4-3-5-14(17(11)23)15-10-16(22-21-15)18(24)20-13-8-6-12(7-9-13)19(25)26-2/h3-10,23H,1-2H3,(H,20,24)(H,21,22). The van der Waals surface area contributed by atoms with Crippen molar-refractivity contribution in [2.75, 3.05) is 12.4 Å². The average molecular weight is 351 g/mol. The van der Waals surface area contributed by atoms with E-state index in [1.54, 1.807) is 49.4 Å². The summed E-state index contributed by atoms with van der Waals surface area (Å²) < 4.78 is 4.63. The highest BCUT2D eigenvalue weighted by Crippen LogP contribution is 2.30. The van der Waals surface area contributed by atoms with E-state index >= 15 is 0 Å². The van der Waals surface area contributed by atoms with Crippen LogP contribution in [0.25, 0.3) is 11.3 Å². The quantitative estimate of drug-likeness (QED) is 0.627. The Morgan fingerprint density at radius 2 is 1.88 bits per heavy atom. The van der Waals surface area contributed by atoms with Gasteiger partial charge in [0.1, 0.15) is 11.4 Å². The zero-order valence-corrected chi connectivity index (χ0v) is 14.2. The molecule has 0 spiro atoms. The first-order valence-corrected chi connectivity index (χ1v) is 7.83. The third-order valence-corrected chi connectivity index (χ3v) is 3.90. The third kappa shape index (κ3) is 3.41. The van der Waals surface area contributed by atoms with Gasteiger partial charge in [0.25, 0.3) is 5.91 Å². The smallest absolute Gasteiger partial charge is 0.337 e. The molecule has 0 fully saturated rings. The summed E-state index contributed by atoms with van der Waals surface area (Å²) in [6.45, 7) is 1.79. The number of carbonyl (C=O) groups excluding carboxylic acids is 2. The highest BCUT2D eigenvalue weighted by Gasteiger charge is 2.14. The van der Waals surface area contributed by atoms with E-state index in [0.717, 1.165) is 5.56 Å². The number of nitrogens with zero attached hydrogens (tertiary/aromatic N) is 1. The number of anilines is 1. The van der Waals surface area contributed by atoms with Crippen LogP contribution in [0, 0.1) is 6.92 Å². The zero-order valence-electron chi connectivity index (χ0n) is 14.2. The molecule has 1 amide bonds. The second kappa shape index (κ2) is 7.10. The van der Waals surface area contributed by atoms with E-state index < -0.39 is 5.97 Å². The van der Waals surface area contributed by atoms with Crippen molar-refractivity contribution in [3.05, 3.63) is 65.4 Å². The van der Waals surface area contributed by atoms with Crippen LogP contribution in [0.15, 0.2) is 48.5 Å². The molecule has 7 heteroatoms. The van der Waals surface area contributed by atoms with E-state index in [9.17, 15) is 14.7 Å². The molecule has 0 saturated carbocycles. The van der Waals surface area contributed by atoms with Gasteiger partial charge in [-0.25, -0.2) is 4.79 Å². The maximum absolute atomic E-state index is 12.3. The van der Waals surface area contributed by atoms with Crippen LogP contribution in [0.3, 0.4) is 0 Å². The summed E-state index contributed by atoms with van der Waals surface area (Å²) >= 11 is 0. The maximum atomic E-state index is 12.3. The van der Waals surface area contributed by atoms with E-state index in [1.165, 1.54) is 7.11 Å². The number of H-pyrrole nitrogens is 1. The molecule has 3 aromatic rings. The van der Waals surface area contributed by atoms with Gasteiger partial charge >= 0.3 is 5.97 Å². The summed E-state index contributed by atoms with van der Waals surface area (Å²) in [5, 5.41) is 19.6. The average Bonchev–Trinajstić information content (AvgIpc) is 3.14. The van der Waals surface area contributed by atoms with Crippen LogP contribution in [0.4, 0.5) is 5.69 Å². The fourth-order valence-corrected chi connectivity index (χ4v) is 2.45. The molecule has 26 heavy (non-hydrogen) atoms. The van der Waals surface area contributed by atoms with Crippen molar-refractivity contribution in [3.8, 4) is 17.0 Å². The summed E-state index contributed by atoms with van der Waals surface area (Å²) in [5.74, 6) is -0.704. The Balaban J connectivity index is 1.76. The van der Waals surface area contributed by atoms with Crippen LogP contribution in [-0.2, 0) is 4.74 Å². The van der Waals surface area contributed by atoms with Crippen LogP contribution in [-0.4, -0.2) is 34.3 Å². The van der Waals surface area contributed by atoms with Gasteiger partial charge in [0.2, 0.25) is 0 Å². The summed E-state index contributed by atoms with van der Waals surface area (Å²) in [6.07, 6.45) is 0. The molecular formula is C19H17N3O4. The highest BCUT2D eigenvalue weighted by atomic mass is 16.5. The molecule has 0 atom stereocenters. The lowest BCUT2D eigenvalue weighted by Crippen LogP contribution is -2.12. The largest absolute Gasteiger partial charge is 0.507 e. The van der Waals surface area contributed by atoms with Crippen molar-refractivity contribution in [2.45, 2.75) is 6.92 Å². The van der Waals surface area contributed by atoms with Gasteiger partial charge in [-0.3, -0.25) is 9.89 Å². The molecule has 0 radical (unpaired) electrons. The lowest BCUT2D eigenvalue weighted by molar-refractivity contribution is 0.0600. The molecular weight excluding hydrogens is 334 g/mol. The number of ether oxygens (including phenoxy) is 1. The van der Waals surface area contributed by atoms with Crippen molar-refractivity contribution in [1.82, 2.24) is 10.2 Å². The first-order valence-electron chi connectivity index (χ1n) is 7.83. The lowest BCUT2D eigenvalue weighted by atomic mass is 10.1. The molecule has 0 unspecified atom stereocenters. The number of methoxy groups -OCH3 is 1. The Labute approximate surface area is 149 Å². The number of esters is 1. The minimum atomic E-state index is -0.445. The number of rotatable bonds is 4. The monoisotopic (exact) mass is 351 g/mol. The molecule has 1 heterocycles. The number of nitrogens with one attached hydrogen (secondary N) is 2. The molecule has 7 nitrogen and oxygen atoms in total. The van der Waals surface area contributed by atoms with Gasteiger partial charge < -0.3 is 15.2 Å². The third-order valence-electron chi connectivity index (χ3n) is 3.90. The second-order valence-electron chi connectivity index (χ2n) is 5.66. The summed E-state index contributed by atoms with van der Waals surface area (Å²) in [5.41, 5.74) is 2.90. The van der Waals surface area contributed by atoms with E-state index in [0.29, 0.717) is 22.5 Å². The predicted molar refractivity (Wildman–Crippen MR) is 96.2 cm³/mol. The normalized spacial score (nSPS) is 10.4. The second-order valence-corrected chi connectivity index (χ2v) is 5.66. The number of phenolic OH excluding ortho intramolecular Hbond substituents is 1. The molecule has 3 rings (SSSR count). The summed E-state index contributed by atoms with van der Waals surface area (Å²) in [7, 11) is 1.31. The zero-order chi connectivity index (χ0) is 18.7. The number of hydrogen-bond donors (Lipinski definition) is 3. The van der Waals surface area contributed by atoms with Crippen LogP contribution < -0.4 is 5.32 Å². The number of para-hydroxylation sites is 1. The summed E-state index contributed by atoms with van der Waals surface area (Å²) in [4.78, 5) is 23.8.